The summed E-state index contributed by atoms with van der Waals surface area (Å²) >= 11 is 1.69. The third kappa shape index (κ3) is 7.07. The Labute approximate surface area is 146 Å². The van der Waals surface area contributed by atoms with Crippen LogP contribution < -0.4 is 10.6 Å². The first-order valence-corrected chi connectivity index (χ1v) is 7.38. The number of thiazole rings is 1. The van der Waals surface area contributed by atoms with E-state index in [0.29, 0.717) is 19.0 Å². The molecule has 0 radical (unpaired) electrons. The molecule has 0 aliphatic carbocycles. The van der Waals surface area contributed by atoms with Gasteiger partial charge in [-0.15, -0.1) is 35.3 Å². The molecule has 120 valence electrons. The van der Waals surface area contributed by atoms with Crippen LogP contribution in [-0.4, -0.2) is 37.6 Å². The predicted octanol–water partition coefficient (Wildman–Crippen LogP) is 1.80. The summed E-state index contributed by atoms with van der Waals surface area (Å²) in [5.41, 5.74) is 0. The molecule has 1 unspecified atom stereocenters. The second-order valence-electron chi connectivity index (χ2n) is 4.30. The lowest BCUT2D eigenvalue weighted by Gasteiger charge is -2.14. The maximum Gasteiger partial charge on any atom is 0.310 e. The van der Waals surface area contributed by atoms with Crippen molar-refractivity contribution >= 4 is 47.2 Å². The second kappa shape index (κ2) is 10.8. The number of methoxy groups -OCH3 is 1. The Balaban J connectivity index is 0.00000400. The summed E-state index contributed by atoms with van der Waals surface area (Å²) in [5.74, 6) is 0.194. The summed E-state index contributed by atoms with van der Waals surface area (Å²) in [6.45, 7) is 5.02. The zero-order chi connectivity index (χ0) is 15.0. The van der Waals surface area contributed by atoms with E-state index in [1.807, 2.05) is 6.20 Å². The van der Waals surface area contributed by atoms with Gasteiger partial charge in [0.25, 0.3) is 0 Å². The van der Waals surface area contributed by atoms with Crippen molar-refractivity contribution in [3.8, 4) is 0 Å². The molecular formula is C13H23IN4O2S. The molecule has 0 spiro atoms. The smallest absolute Gasteiger partial charge is 0.310 e. The van der Waals surface area contributed by atoms with Crippen LogP contribution in [0.5, 0.6) is 0 Å². The normalized spacial score (nSPS) is 12.3. The Morgan fingerprint density at radius 1 is 1.52 bits per heavy atom. The van der Waals surface area contributed by atoms with Crippen molar-refractivity contribution in [1.82, 2.24) is 15.6 Å². The van der Waals surface area contributed by atoms with Crippen molar-refractivity contribution < 1.29 is 9.53 Å². The van der Waals surface area contributed by atoms with E-state index in [-0.39, 0.29) is 35.9 Å². The summed E-state index contributed by atoms with van der Waals surface area (Å²) in [4.78, 5) is 21.0. The first kappa shape index (κ1) is 20.1. The van der Waals surface area contributed by atoms with Crippen LogP contribution in [-0.2, 0) is 22.5 Å². The van der Waals surface area contributed by atoms with Gasteiger partial charge in [0.05, 0.1) is 19.6 Å². The number of nitrogens with one attached hydrogen (secondary N) is 2. The number of guanidine groups is 1. The van der Waals surface area contributed by atoms with Crippen LogP contribution in [0.2, 0.25) is 0 Å². The van der Waals surface area contributed by atoms with Gasteiger partial charge in [0.15, 0.2) is 5.96 Å². The maximum absolute atomic E-state index is 11.3. The second-order valence-corrected chi connectivity index (χ2v) is 5.50. The van der Waals surface area contributed by atoms with E-state index in [4.69, 9.17) is 0 Å². The predicted molar refractivity (Wildman–Crippen MR) is 96.3 cm³/mol. The molecule has 1 aromatic rings. The van der Waals surface area contributed by atoms with Crippen LogP contribution in [0.1, 0.15) is 23.7 Å². The van der Waals surface area contributed by atoms with Crippen molar-refractivity contribution in [1.29, 1.82) is 0 Å². The number of aromatic nitrogens is 1. The van der Waals surface area contributed by atoms with Gasteiger partial charge < -0.3 is 15.4 Å². The Bertz CT molecular complexity index is 465. The molecule has 1 aromatic heterocycles. The van der Waals surface area contributed by atoms with Gasteiger partial charge in [-0.2, -0.15) is 0 Å². The molecule has 0 bridgehead atoms. The summed E-state index contributed by atoms with van der Waals surface area (Å²) in [6.07, 6.45) is 2.90. The van der Waals surface area contributed by atoms with E-state index in [9.17, 15) is 4.79 Å². The number of aliphatic imine (C=N–C) groups is 1. The number of halogens is 1. The summed E-state index contributed by atoms with van der Waals surface area (Å²) in [6, 6.07) is 0. The van der Waals surface area contributed by atoms with E-state index in [1.165, 1.54) is 12.0 Å². The molecule has 1 atom stereocenters. The molecule has 0 aromatic carbocycles. The van der Waals surface area contributed by atoms with Gasteiger partial charge in [-0.3, -0.25) is 9.79 Å². The number of esters is 1. The van der Waals surface area contributed by atoms with Crippen molar-refractivity contribution in [3.05, 3.63) is 16.1 Å². The van der Waals surface area contributed by atoms with Crippen LogP contribution in [0.3, 0.4) is 0 Å². The third-order valence-corrected chi connectivity index (χ3v) is 3.90. The Morgan fingerprint density at radius 3 is 2.76 bits per heavy atom. The SMILES string of the molecule is CCc1cnc(CNC(=NC)NCC(C)C(=O)OC)s1.I. The zero-order valence-corrected chi connectivity index (χ0v) is 16.0. The number of hydrogen-bond donors (Lipinski definition) is 2. The number of nitrogens with zero attached hydrogens (tertiary/aromatic N) is 2. The van der Waals surface area contributed by atoms with Gasteiger partial charge in [-0.25, -0.2) is 4.98 Å². The average Bonchev–Trinajstić information content (AvgIpc) is 2.94. The zero-order valence-electron chi connectivity index (χ0n) is 12.8. The highest BCUT2D eigenvalue weighted by atomic mass is 127. The molecule has 0 fully saturated rings. The fraction of sp³-hybridized carbons (Fsp3) is 0.615. The summed E-state index contributed by atoms with van der Waals surface area (Å²) < 4.78 is 4.67. The quantitative estimate of drug-likeness (QED) is 0.314. The monoisotopic (exact) mass is 426 g/mol. The van der Waals surface area contributed by atoms with Gasteiger partial charge in [-0.1, -0.05) is 13.8 Å². The largest absolute Gasteiger partial charge is 0.469 e. The van der Waals surface area contributed by atoms with Crippen LogP contribution >= 0.6 is 35.3 Å². The third-order valence-electron chi connectivity index (χ3n) is 2.76. The molecule has 8 heteroatoms. The lowest BCUT2D eigenvalue weighted by atomic mass is 10.2. The minimum Gasteiger partial charge on any atom is -0.469 e. The Kier molecular flexibility index (Phi) is 10.3. The van der Waals surface area contributed by atoms with Crippen LogP contribution in [0.25, 0.3) is 0 Å². The first-order valence-electron chi connectivity index (χ1n) is 6.56. The Hall–Kier alpha value is -0.900. The first-order chi connectivity index (χ1) is 9.60. The van der Waals surface area contributed by atoms with Gasteiger partial charge in [-0.05, 0) is 6.42 Å². The molecule has 0 saturated carbocycles. The fourth-order valence-electron chi connectivity index (χ4n) is 1.51. The minimum atomic E-state index is -0.236. The van der Waals surface area contributed by atoms with Crippen molar-refractivity contribution in [2.75, 3.05) is 20.7 Å². The van der Waals surface area contributed by atoms with Gasteiger partial charge in [0.1, 0.15) is 5.01 Å². The highest BCUT2D eigenvalue weighted by Gasteiger charge is 2.13. The van der Waals surface area contributed by atoms with E-state index in [1.54, 1.807) is 25.3 Å². The molecule has 1 rings (SSSR count). The molecular weight excluding hydrogens is 403 g/mol. The molecule has 21 heavy (non-hydrogen) atoms. The average molecular weight is 426 g/mol. The van der Waals surface area contributed by atoms with Crippen molar-refractivity contribution in [2.24, 2.45) is 10.9 Å². The number of hydrogen-bond acceptors (Lipinski definition) is 5. The highest BCUT2D eigenvalue weighted by Crippen LogP contribution is 2.12. The molecule has 0 saturated heterocycles. The highest BCUT2D eigenvalue weighted by molar-refractivity contribution is 14.0. The van der Waals surface area contributed by atoms with E-state index < -0.39 is 0 Å². The van der Waals surface area contributed by atoms with Crippen LogP contribution in [0.4, 0.5) is 0 Å². The van der Waals surface area contributed by atoms with Gasteiger partial charge >= 0.3 is 5.97 Å². The number of carbonyl (C=O) groups excluding carboxylic acids is 1. The van der Waals surface area contributed by atoms with E-state index in [0.717, 1.165) is 11.4 Å². The molecule has 0 aliphatic rings. The van der Waals surface area contributed by atoms with Crippen LogP contribution in [0, 0.1) is 5.92 Å². The standard InChI is InChI=1S/C13H22N4O2S.HI/c1-5-10-7-15-11(20-10)8-17-13(14-3)16-6-9(2)12(18)19-4;/h7,9H,5-6,8H2,1-4H3,(H2,14,16,17);1H. The molecule has 1 heterocycles. The lowest BCUT2D eigenvalue weighted by Crippen LogP contribution is -2.40. The van der Waals surface area contributed by atoms with E-state index >= 15 is 0 Å². The summed E-state index contributed by atoms with van der Waals surface area (Å²) in [7, 11) is 3.08. The van der Waals surface area contributed by atoms with Crippen molar-refractivity contribution in [3.63, 3.8) is 0 Å². The number of ether oxygens (including phenoxy) is 1. The minimum absolute atomic E-state index is 0. The number of carbonyl (C=O) groups is 1. The topological polar surface area (TPSA) is 75.6 Å². The maximum atomic E-state index is 11.3. The Morgan fingerprint density at radius 2 is 2.24 bits per heavy atom. The lowest BCUT2D eigenvalue weighted by molar-refractivity contribution is -0.144. The van der Waals surface area contributed by atoms with Gasteiger partial charge in [0.2, 0.25) is 0 Å². The number of aryl methyl sites for hydroxylation is 1. The van der Waals surface area contributed by atoms with Gasteiger partial charge in [0, 0.05) is 24.7 Å². The molecule has 0 amide bonds. The van der Waals surface area contributed by atoms with Crippen molar-refractivity contribution in [2.45, 2.75) is 26.8 Å². The molecule has 6 nitrogen and oxygen atoms in total. The summed E-state index contributed by atoms with van der Waals surface area (Å²) in [5, 5.41) is 7.28. The molecule has 0 aliphatic heterocycles. The fourth-order valence-corrected chi connectivity index (χ4v) is 2.31. The number of rotatable bonds is 6. The molecule has 2 N–H and O–H groups in total. The van der Waals surface area contributed by atoms with Crippen LogP contribution in [0.15, 0.2) is 11.2 Å². The van der Waals surface area contributed by atoms with E-state index in [2.05, 4.69) is 32.3 Å².